The van der Waals surface area contributed by atoms with E-state index < -0.39 is 10.0 Å². The number of amides is 1. The number of piperidine rings is 1. The zero-order chi connectivity index (χ0) is 23.4. The summed E-state index contributed by atoms with van der Waals surface area (Å²) in [7, 11) is -3.51. The molecule has 1 aliphatic rings. The molecule has 3 aromatic rings. The lowest BCUT2D eigenvalue weighted by Gasteiger charge is -2.29. The molecule has 1 amide bonds. The average Bonchev–Trinajstić information content (AvgIpc) is 3.26. The third kappa shape index (κ3) is 5.76. The van der Waals surface area contributed by atoms with E-state index in [9.17, 15) is 13.2 Å². The molecule has 6 nitrogen and oxygen atoms in total. The smallest absolute Gasteiger partial charge is 0.236 e. The van der Waals surface area contributed by atoms with Crippen molar-refractivity contribution in [2.45, 2.75) is 26.7 Å². The van der Waals surface area contributed by atoms with Gasteiger partial charge in [0.25, 0.3) is 0 Å². The van der Waals surface area contributed by atoms with Crippen molar-refractivity contribution in [1.29, 1.82) is 0 Å². The summed E-state index contributed by atoms with van der Waals surface area (Å²) in [6.45, 7) is 4.76. The van der Waals surface area contributed by atoms with Gasteiger partial charge in [0.05, 0.1) is 5.69 Å². The topological polar surface area (TPSA) is 79.4 Å². The number of anilines is 1. The second-order valence-electron chi connectivity index (χ2n) is 8.28. The normalized spacial score (nSPS) is 15.7. The zero-order valence-corrected chi connectivity index (χ0v) is 20.3. The monoisotopic (exact) mass is 481 g/mol. The van der Waals surface area contributed by atoms with Crippen molar-refractivity contribution in [2.24, 2.45) is 5.92 Å². The Morgan fingerprint density at radius 1 is 1.12 bits per heavy atom. The van der Waals surface area contributed by atoms with Gasteiger partial charge in [-0.15, -0.1) is 11.3 Å². The van der Waals surface area contributed by atoms with E-state index in [1.807, 2.05) is 41.8 Å². The number of benzene rings is 2. The fourth-order valence-corrected chi connectivity index (χ4v) is 5.89. The van der Waals surface area contributed by atoms with Crippen molar-refractivity contribution < 1.29 is 13.2 Å². The summed E-state index contributed by atoms with van der Waals surface area (Å²) < 4.78 is 26.7. The zero-order valence-electron chi connectivity index (χ0n) is 18.7. The first-order chi connectivity index (χ1) is 15.8. The number of hydrogen-bond acceptors (Lipinski definition) is 5. The Bertz CT molecular complexity index is 1260. The summed E-state index contributed by atoms with van der Waals surface area (Å²) in [5, 5.41) is 6.67. The van der Waals surface area contributed by atoms with Gasteiger partial charge in [-0.1, -0.05) is 54.1 Å². The Balaban J connectivity index is 1.33. The predicted molar refractivity (Wildman–Crippen MR) is 134 cm³/mol. The average molecular weight is 482 g/mol. The van der Waals surface area contributed by atoms with Gasteiger partial charge < -0.3 is 5.32 Å². The molecule has 172 valence electrons. The van der Waals surface area contributed by atoms with Crippen LogP contribution in [0, 0.1) is 19.8 Å². The molecule has 0 atom stereocenters. The molecule has 4 rings (SSSR count). The summed E-state index contributed by atoms with van der Waals surface area (Å²) in [4.78, 5) is 17.3. The van der Waals surface area contributed by atoms with Crippen LogP contribution >= 0.6 is 11.3 Å². The molecule has 8 heteroatoms. The largest absolute Gasteiger partial charge is 0.302 e. The number of sulfonamides is 1. The molecule has 1 N–H and O–H groups in total. The highest BCUT2D eigenvalue weighted by Gasteiger charge is 2.30. The Morgan fingerprint density at radius 2 is 1.85 bits per heavy atom. The molecular formula is C25H27N3O3S2. The molecule has 2 aromatic carbocycles. The van der Waals surface area contributed by atoms with Crippen LogP contribution in [0.5, 0.6) is 0 Å². The summed E-state index contributed by atoms with van der Waals surface area (Å²) in [5.41, 5.74) is 5.08. The SMILES string of the molecule is Cc1ccc(-c2csc(NC(=O)C3CCN(S(=O)(=O)/C=C/c4ccccc4)CC3)n2)c(C)c1. The molecule has 1 saturated heterocycles. The van der Waals surface area contributed by atoms with Crippen LogP contribution in [0.3, 0.4) is 0 Å². The second-order valence-corrected chi connectivity index (χ2v) is 11.0. The van der Waals surface area contributed by atoms with Crippen molar-refractivity contribution in [3.8, 4) is 11.3 Å². The molecule has 0 spiro atoms. The van der Waals surface area contributed by atoms with Gasteiger partial charge in [-0.05, 0) is 43.9 Å². The van der Waals surface area contributed by atoms with Crippen LogP contribution in [0.1, 0.15) is 29.5 Å². The minimum Gasteiger partial charge on any atom is -0.302 e. The van der Waals surface area contributed by atoms with Gasteiger partial charge in [0, 0.05) is 35.4 Å². The molecule has 0 aliphatic carbocycles. The number of thiazole rings is 1. The summed E-state index contributed by atoms with van der Waals surface area (Å²) in [6, 6.07) is 15.5. The van der Waals surface area contributed by atoms with E-state index >= 15 is 0 Å². The lowest BCUT2D eigenvalue weighted by atomic mass is 9.97. The first kappa shape index (κ1) is 23.4. The van der Waals surface area contributed by atoms with Crippen molar-refractivity contribution in [3.63, 3.8) is 0 Å². The van der Waals surface area contributed by atoms with Crippen molar-refractivity contribution in [3.05, 3.63) is 76.0 Å². The number of aryl methyl sites for hydroxylation is 2. The number of aromatic nitrogens is 1. The van der Waals surface area contributed by atoms with E-state index in [1.165, 1.54) is 26.6 Å². The van der Waals surface area contributed by atoms with Crippen LogP contribution in [0.15, 0.2) is 59.3 Å². The first-order valence-corrected chi connectivity index (χ1v) is 13.3. The molecular weight excluding hydrogens is 454 g/mol. The van der Waals surface area contributed by atoms with Gasteiger partial charge in [-0.2, -0.15) is 4.31 Å². The standard InChI is InChI=1S/C25H27N3O3S2/c1-18-8-9-22(19(2)16-18)23-17-32-25(26-23)27-24(29)21-10-13-28(14-11-21)33(30,31)15-12-20-6-4-3-5-7-20/h3-9,12,15-17,21H,10-11,13-14H2,1-2H3,(H,26,27,29)/b15-12+. The molecule has 1 fully saturated rings. The second kappa shape index (κ2) is 9.99. The van der Waals surface area contributed by atoms with Gasteiger partial charge in [0.1, 0.15) is 0 Å². The van der Waals surface area contributed by atoms with Crippen LogP contribution in [-0.2, 0) is 14.8 Å². The Kier molecular flexibility index (Phi) is 7.07. The lowest BCUT2D eigenvalue weighted by molar-refractivity contribution is -0.120. The van der Waals surface area contributed by atoms with Gasteiger partial charge in [0.2, 0.25) is 15.9 Å². The number of hydrogen-bond donors (Lipinski definition) is 1. The molecule has 0 unspecified atom stereocenters. The fraction of sp³-hybridized carbons (Fsp3) is 0.280. The van der Waals surface area contributed by atoms with Gasteiger partial charge in [-0.3, -0.25) is 4.79 Å². The highest BCUT2D eigenvalue weighted by molar-refractivity contribution is 7.92. The molecule has 1 aromatic heterocycles. The molecule has 33 heavy (non-hydrogen) atoms. The Hall–Kier alpha value is -2.81. The molecule has 0 saturated carbocycles. The lowest BCUT2D eigenvalue weighted by Crippen LogP contribution is -2.40. The van der Waals surface area contributed by atoms with E-state index in [2.05, 4.69) is 36.3 Å². The minimum atomic E-state index is -3.51. The van der Waals surface area contributed by atoms with Crippen LogP contribution in [0.25, 0.3) is 17.3 Å². The summed E-state index contributed by atoms with van der Waals surface area (Å²) >= 11 is 1.40. The molecule has 0 radical (unpaired) electrons. The van der Waals surface area contributed by atoms with E-state index in [4.69, 9.17) is 0 Å². The van der Waals surface area contributed by atoms with Gasteiger partial charge in [-0.25, -0.2) is 13.4 Å². The van der Waals surface area contributed by atoms with Crippen molar-refractivity contribution in [1.82, 2.24) is 9.29 Å². The van der Waals surface area contributed by atoms with Crippen molar-refractivity contribution >= 4 is 38.5 Å². The molecule has 1 aliphatic heterocycles. The van der Waals surface area contributed by atoms with E-state index in [0.717, 1.165) is 22.4 Å². The summed E-state index contributed by atoms with van der Waals surface area (Å²) in [5.74, 6) is -0.337. The number of nitrogens with zero attached hydrogens (tertiary/aromatic N) is 2. The first-order valence-electron chi connectivity index (χ1n) is 10.9. The Labute approximate surface area is 199 Å². The number of nitrogens with one attached hydrogen (secondary N) is 1. The maximum atomic E-state index is 12.8. The predicted octanol–water partition coefficient (Wildman–Crippen LogP) is 5.08. The quantitative estimate of drug-likeness (QED) is 0.533. The van der Waals surface area contributed by atoms with E-state index in [1.54, 1.807) is 6.08 Å². The third-order valence-electron chi connectivity index (χ3n) is 5.81. The maximum Gasteiger partial charge on any atom is 0.236 e. The van der Waals surface area contributed by atoms with Gasteiger partial charge in [0.15, 0.2) is 5.13 Å². The van der Waals surface area contributed by atoms with Crippen LogP contribution < -0.4 is 5.32 Å². The summed E-state index contributed by atoms with van der Waals surface area (Å²) in [6.07, 6.45) is 2.57. The van der Waals surface area contributed by atoms with Crippen LogP contribution in [-0.4, -0.2) is 36.7 Å². The van der Waals surface area contributed by atoms with E-state index in [-0.39, 0.29) is 11.8 Å². The van der Waals surface area contributed by atoms with Crippen LogP contribution in [0.2, 0.25) is 0 Å². The molecule has 2 heterocycles. The highest BCUT2D eigenvalue weighted by Crippen LogP contribution is 2.29. The van der Waals surface area contributed by atoms with Crippen LogP contribution in [0.4, 0.5) is 5.13 Å². The fourth-order valence-electron chi connectivity index (χ4n) is 3.95. The third-order valence-corrected chi connectivity index (χ3v) is 8.13. The molecule has 0 bridgehead atoms. The van der Waals surface area contributed by atoms with Gasteiger partial charge >= 0.3 is 0 Å². The Morgan fingerprint density at radius 3 is 2.55 bits per heavy atom. The number of rotatable bonds is 6. The number of carbonyl (C=O) groups is 1. The minimum absolute atomic E-state index is 0.103. The maximum absolute atomic E-state index is 12.8. The number of carbonyl (C=O) groups excluding carboxylic acids is 1. The van der Waals surface area contributed by atoms with E-state index in [0.29, 0.717) is 31.1 Å². The highest BCUT2D eigenvalue weighted by atomic mass is 32.2. The van der Waals surface area contributed by atoms with Crippen molar-refractivity contribution in [2.75, 3.05) is 18.4 Å².